The molecule has 2 N–H and O–H groups in total. The number of rotatable bonds is 6. The van der Waals surface area contributed by atoms with Crippen molar-refractivity contribution in [1.29, 1.82) is 0 Å². The highest BCUT2D eigenvalue weighted by molar-refractivity contribution is 5.97. The lowest BCUT2D eigenvalue weighted by molar-refractivity contribution is -0.115. The van der Waals surface area contributed by atoms with Crippen molar-refractivity contribution in [3.05, 3.63) is 40.4 Å². The monoisotopic (exact) mass is 503 g/mol. The Bertz CT molecular complexity index is 1350. The molecule has 9 heteroatoms. The van der Waals surface area contributed by atoms with Gasteiger partial charge >= 0.3 is 6.03 Å². The molecule has 0 saturated carbocycles. The summed E-state index contributed by atoms with van der Waals surface area (Å²) in [6.07, 6.45) is 4.75. The number of hydrogen-bond acceptors (Lipinski definition) is 6. The van der Waals surface area contributed by atoms with E-state index in [2.05, 4.69) is 40.7 Å². The maximum Gasteiger partial charge on any atom is 0.332 e. The van der Waals surface area contributed by atoms with E-state index in [1.54, 1.807) is 14.0 Å². The predicted molar refractivity (Wildman–Crippen MR) is 147 cm³/mol. The number of nitrogens with two attached hydrogens (primary N) is 1. The maximum absolute atomic E-state index is 13.6. The molecule has 3 amide bonds. The molecule has 196 valence electrons. The van der Waals surface area contributed by atoms with E-state index in [4.69, 9.17) is 10.7 Å². The number of carbonyl (C=O) groups is 2. The van der Waals surface area contributed by atoms with Crippen LogP contribution >= 0.6 is 0 Å². The number of fused-ring (bicyclic) bond motifs is 1. The van der Waals surface area contributed by atoms with E-state index in [-0.39, 0.29) is 18.6 Å². The Morgan fingerprint density at radius 3 is 2.78 bits per heavy atom. The zero-order chi connectivity index (χ0) is 26.7. The summed E-state index contributed by atoms with van der Waals surface area (Å²) >= 11 is 0. The van der Waals surface area contributed by atoms with Gasteiger partial charge in [0.2, 0.25) is 12.4 Å². The molecule has 0 bridgehead atoms. The highest BCUT2D eigenvalue weighted by Crippen LogP contribution is 2.28. The van der Waals surface area contributed by atoms with Gasteiger partial charge in [0.05, 0.1) is 18.8 Å². The number of urea groups is 1. The van der Waals surface area contributed by atoms with Gasteiger partial charge in [0.25, 0.3) is 0 Å². The third-order valence-corrected chi connectivity index (χ3v) is 7.36. The molecule has 0 radical (unpaired) electrons. The van der Waals surface area contributed by atoms with Crippen molar-refractivity contribution in [3.63, 3.8) is 0 Å². The van der Waals surface area contributed by atoms with Crippen LogP contribution in [0.1, 0.15) is 32.4 Å². The van der Waals surface area contributed by atoms with Crippen LogP contribution in [0.3, 0.4) is 0 Å². The predicted octanol–water partition coefficient (Wildman–Crippen LogP) is 1.08. The van der Waals surface area contributed by atoms with Crippen molar-refractivity contribution in [3.8, 4) is 11.8 Å². The van der Waals surface area contributed by atoms with Gasteiger partial charge in [0, 0.05) is 50.2 Å². The molecule has 2 aliphatic heterocycles. The summed E-state index contributed by atoms with van der Waals surface area (Å²) in [5.74, 6) is 7.32. The van der Waals surface area contributed by atoms with Crippen molar-refractivity contribution in [2.75, 3.05) is 43.5 Å². The molecule has 1 unspecified atom stereocenters. The van der Waals surface area contributed by atoms with Crippen LogP contribution in [0.4, 0.5) is 16.6 Å². The molecule has 1 saturated heterocycles. The summed E-state index contributed by atoms with van der Waals surface area (Å²) in [6, 6.07) is 7.83. The maximum atomic E-state index is 13.6. The van der Waals surface area contributed by atoms with Gasteiger partial charge < -0.3 is 20.1 Å². The number of hydrogen-bond donors (Lipinski definition) is 1. The Balaban J connectivity index is 1.67. The van der Waals surface area contributed by atoms with Gasteiger partial charge in [-0.2, -0.15) is 4.98 Å². The molecule has 3 heterocycles. The molecule has 1 aromatic heterocycles. The molecule has 0 aliphatic carbocycles. The van der Waals surface area contributed by atoms with Crippen molar-refractivity contribution in [1.82, 2.24) is 19.4 Å². The molecular formula is C28H37N7O2. The number of imidazole rings is 1. The van der Waals surface area contributed by atoms with Gasteiger partial charge in [-0.15, -0.1) is 5.92 Å². The second kappa shape index (κ2) is 11.1. The Kier molecular flexibility index (Phi) is 7.89. The van der Waals surface area contributed by atoms with Crippen LogP contribution in [-0.2, 0) is 11.3 Å². The number of likely N-dealkylation sites (N-methyl/N-ethyl adjacent to an activating group) is 1. The Morgan fingerprint density at radius 1 is 1.32 bits per heavy atom. The Labute approximate surface area is 218 Å². The normalized spacial score (nSPS) is 18.9. The van der Waals surface area contributed by atoms with Gasteiger partial charge in [-0.1, -0.05) is 36.3 Å². The fourth-order valence-electron chi connectivity index (χ4n) is 5.11. The zero-order valence-electron chi connectivity index (χ0n) is 22.4. The van der Waals surface area contributed by atoms with Gasteiger partial charge in [-0.3, -0.25) is 14.6 Å². The average molecular weight is 504 g/mol. The van der Waals surface area contributed by atoms with E-state index in [1.807, 2.05) is 36.7 Å². The van der Waals surface area contributed by atoms with Crippen LogP contribution in [0.15, 0.2) is 24.3 Å². The highest BCUT2D eigenvalue weighted by atomic mass is 16.2. The van der Waals surface area contributed by atoms with Crippen LogP contribution in [0.5, 0.6) is 0 Å². The van der Waals surface area contributed by atoms with E-state index in [1.165, 1.54) is 9.80 Å². The number of anilines is 2. The number of imide groups is 1. The lowest BCUT2D eigenvalue weighted by Gasteiger charge is -2.33. The summed E-state index contributed by atoms with van der Waals surface area (Å²) in [5, 5.41) is 2.12. The number of benzene rings is 1. The largest absolute Gasteiger partial charge is 0.370 e. The minimum atomic E-state index is -0.438. The van der Waals surface area contributed by atoms with Gasteiger partial charge in [-0.25, -0.2) is 4.79 Å². The molecule has 37 heavy (non-hydrogen) atoms. The Morgan fingerprint density at radius 2 is 2.08 bits per heavy atom. The molecule has 0 spiro atoms. The summed E-state index contributed by atoms with van der Waals surface area (Å²) in [7, 11) is 3.65. The van der Waals surface area contributed by atoms with Crippen molar-refractivity contribution >= 4 is 36.0 Å². The molecular weight excluding hydrogens is 466 g/mol. The lowest BCUT2D eigenvalue weighted by Crippen LogP contribution is -2.49. The molecule has 1 fully saturated rings. The smallest absolute Gasteiger partial charge is 0.332 e. The number of aromatic nitrogens is 2. The van der Waals surface area contributed by atoms with Crippen molar-refractivity contribution < 1.29 is 9.59 Å². The van der Waals surface area contributed by atoms with Crippen LogP contribution in [0, 0.1) is 18.8 Å². The molecule has 2 atom stereocenters. The van der Waals surface area contributed by atoms with Gasteiger partial charge in [-0.05, 0) is 38.8 Å². The van der Waals surface area contributed by atoms with Gasteiger partial charge in [0.1, 0.15) is 0 Å². The van der Waals surface area contributed by atoms with E-state index in [0.29, 0.717) is 25.3 Å². The minimum Gasteiger partial charge on any atom is -0.370 e. The van der Waals surface area contributed by atoms with Crippen LogP contribution < -0.4 is 26.0 Å². The summed E-state index contributed by atoms with van der Waals surface area (Å²) in [5.41, 5.74) is 7.98. The third-order valence-electron chi connectivity index (χ3n) is 7.36. The van der Waals surface area contributed by atoms with E-state index in [0.717, 1.165) is 47.2 Å². The quantitative estimate of drug-likeness (QED) is 0.469. The summed E-state index contributed by atoms with van der Waals surface area (Å²) < 4.78 is 2.02. The van der Waals surface area contributed by atoms with E-state index >= 15 is 0 Å². The highest BCUT2D eigenvalue weighted by Gasteiger charge is 2.29. The second-order valence-corrected chi connectivity index (χ2v) is 9.81. The van der Waals surface area contributed by atoms with Gasteiger partial charge in [0.15, 0.2) is 5.82 Å². The topological polar surface area (TPSA) is 90.9 Å². The molecule has 1 aromatic carbocycles. The van der Waals surface area contributed by atoms with Crippen LogP contribution in [0.25, 0.3) is 11.8 Å². The fraction of sp³-hybridized carbons (Fsp3) is 0.464. The molecule has 2 aliphatic rings. The average Bonchev–Trinajstić information content (AvgIpc) is 3.22. The second-order valence-electron chi connectivity index (χ2n) is 9.81. The summed E-state index contributed by atoms with van der Waals surface area (Å²) in [4.78, 5) is 37.7. The van der Waals surface area contributed by atoms with Crippen LogP contribution in [0.2, 0.25) is 0 Å². The SMILES string of the molecule is CC#CCn1c(N2CCC[C@@H](N)C2)nc(N(C)C(=O)N(C=O)CC2=c3ccccc3=CC(C)N2C)c1C. The van der Waals surface area contributed by atoms with E-state index in [9.17, 15) is 9.59 Å². The number of piperidine rings is 1. The summed E-state index contributed by atoms with van der Waals surface area (Å²) in [6.45, 7) is 8.00. The minimum absolute atomic E-state index is 0.0804. The molecule has 4 rings (SSSR count). The first-order valence-corrected chi connectivity index (χ1v) is 12.8. The van der Waals surface area contributed by atoms with Crippen molar-refractivity contribution in [2.45, 2.75) is 52.2 Å². The molecule has 2 aromatic rings. The Hall–Kier alpha value is -3.77. The third kappa shape index (κ3) is 5.20. The number of carbonyl (C=O) groups excluding carboxylic acids is 2. The first-order valence-electron chi connectivity index (χ1n) is 12.8. The number of nitrogens with zero attached hydrogens (tertiary/aromatic N) is 6. The van der Waals surface area contributed by atoms with E-state index < -0.39 is 6.03 Å². The molecule has 9 nitrogen and oxygen atoms in total. The number of amides is 3. The standard InChI is InChI=1S/C28H37N7O2/c1-6-7-15-35-21(3)26(30-27(35)33-14-10-12-23(29)17-33)32(5)28(37)34(19-36)18-25-24-13-9-8-11-22(24)16-20(2)31(25)4/h8-9,11,13,16,19-20,23H,10,12,14-15,17-18,29H2,1-5H3/t20?,23-/m1/s1. The zero-order valence-corrected chi connectivity index (χ0v) is 22.4. The fourth-order valence-corrected chi connectivity index (χ4v) is 5.11. The van der Waals surface area contributed by atoms with Crippen LogP contribution in [-0.4, -0.2) is 77.6 Å². The first kappa shape index (κ1) is 26.3. The first-order chi connectivity index (χ1) is 17.8. The lowest BCUT2D eigenvalue weighted by atomic mass is 10.1. The van der Waals surface area contributed by atoms with Crippen molar-refractivity contribution in [2.24, 2.45) is 5.73 Å².